The first kappa shape index (κ1) is 13.3. The zero-order chi connectivity index (χ0) is 13.3. The van der Waals surface area contributed by atoms with Gasteiger partial charge in [0.1, 0.15) is 17.5 Å². The van der Waals surface area contributed by atoms with Crippen LogP contribution in [0.5, 0.6) is 0 Å². The van der Waals surface area contributed by atoms with E-state index in [9.17, 15) is 21.6 Å². The van der Waals surface area contributed by atoms with Crippen LogP contribution in [0.15, 0.2) is 17.0 Å². The number of hydrogen-bond acceptors (Lipinski definition) is 3. The summed E-state index contributed by atoms with van der Waals surface area (Å²) in [6.45, 7) is 1.02. The molecule has 8 heteroatoms. The van der Waals surface area contributed by atoms with Crippen molar-refractivity contribution in [2.75, 3.05) is 13.1 Å². The molecule has 0 radical (unpaired) electrons. The third-order valence-corrected chi connectivity index (χ3v) is 4.19. The van der Waals surface area contributed by atoms with Gasteiger partial charge in [-0.25, -0.2) is 26.3 Å². The lowest BCUT2D eigenvalue weighted by Gasteiger charge is -2.13. The van der Waals surface area contributed by atoms with Crippen molar-refractivity contribution in [2.45, 2.75) is 17.4 Å². The van der Waals surface area contributed by atoms with Crippen molar-refractivity contribution in [3.63, 3.8) is 0 Å². The minimum atomic E-state index is -4.33. The molecule has 0 aliphatic carbocycles. The second-order valence-electron chi connectivity index (χ2n) is 4.01. The number of hydrogen-bond donors (Lipinski definition) is 2. The lowest BCUT2D eigenvalue weighted by Crippen LogP contribution is -2.37. The third-order valence-electron chi connectivity index (χ3n) is 2.61. The smallest absolute Gasteiger partial charge is 0.246 e. The van der Waals surface area contributed by atoms with Gasteiger partial charge in [0.2, 0.25) is 10.0 Å². The van der Waals surface area contributed by atoms with Crippen LogP contribution in [0.3, 0.4) is 0 Å². The van der Waals surface area contributed by atoms with Gasteiger partial charge in [0.05, 0.1) is 0 Å². The highest BCUT2D eigenvalue weighted by Crippen LogP contribution is 2.20. The Labute approximate surface area is 102 Å². The topological polar surface area (TPSA) is 58.2 Å². The van der Waals surface area contributed by atoms with Crippen LogP contribution in [0.2, 0.25) is 0 Å². The maximum Gasteiger partial charge on any atom is 0.246 e. The van der Waals surface area contributed by atoms with E-state index in [1.807, 2.05) is 0 Å². The van der Waals surface area contributed by atoms with E-state index < -0.39 is 38.4 Å². The van der Waals surface area contributed by atoms with Gasteiger partial charge >= 0.3 is 0 Å². The Morgan fingerprint density at radius 1 is 1.22 bits per heavy atom. The van der Waals surface area contributed by atoms with Gasteiger partial charge in [-0.1, -0.05) is 0 Å². The lowest BCUT2D eigenvalue weighted by atomic mass is 10.3. The summed E-state index contributed by atoms with van der Waals surface area (Å²) in [5, 5.41) is 2.91. The minimum absolute atomic E-state index is 0.338. The minimum Gasteiger partial charge on any atom is -0.315 e. The predicted molar refractivity (Wildman–Crippen MR) is 57.9 cm³/mol. The fraction of sp³-hybridized carbons (Fsp3) is 0.400. The van der Waals surface area contributed by atoms with Crippen LogP contribution in [-0.2, 0) is 10.0 Å². The molecule has 100 valence electrons. The first-order chi connectivity index (χ1) is 8.40. The first-order valence-corrected chi connectivity index (χ1v) is 6.76. The standard InChI is InChI=1S/C10H11F3N2O2S/c11-6-3-8(12)10(9(13)4-6)18(16,17)15-7-1-2-14-5-7/h3-4,7,14-15H,1-2,5H2/t7-/m0/s1. The van der Waals surface area contributed by atoms with E-state index in [0.717, 1.165) is 0 Å². The SMILES string of the molecule is O=S(=O)(N[C@H]1CCNC1)c1c(F)cc(F)cc1F. The van der Waals surface area contributed by atoms with Crippen molar-refractivity contribution in [3.05, 3.63) is 29.6 Å². The van der Waals surface area contributed by atoms with Crippen LogP contribution in [-0.4, -0.2) is 27.5 Å². The molecular formula is C10H11F3N2O2S. The highest BCUT2D eigenvalue weighted by molar-refractivity contribution is 7.89. The number of nitrogens with one attached hydrogen (secondary N) is 2. The van der Waals surface area contributed by atoms with E-state index in [-0.39, 0.29) is 0 Å². The molecule has 1 aliphatic rings. The summed E-state index contributed by atoms with van der Waals surface area (Å²) in [6.07, 6.45) is 0.531. The molecule has 0 unspecified atom stereocenters. The van der Waals surface area contributed by atoms with Crippen LogP contribution in [0.25, 0.3) is 0 Å². The zero-order valence-electron chi connectivity index (χ0n) is 9.21. The molecule has 1 aliphatic heterocycles. The molecule has 18 heavy (non-hydrogen) atoms. The van der Waals surface area contributed by atoms with Crippen molar-refractivity contribution in [2.24, 2.45) is 0 Å². The average molecular weight is 280 g/mol. The third kappa shape index (κ3) is 2.65. The highest BCUT2D eigenvalue weighted by Gasteiger charge is 2.28. The molecule has 4 nitrogen and oxygen atoms in total. The Morgan fingerprint density at radius 3 is 2.33 bits per heavy atom. The van der Waals surface area contributed by atoms with Gasteiger partial charge in [0.15, 0.2) is 4.90 Å². The molecule has 0 spiro atoms. The molecule has 0 aromatic heterocycles. The fourth-order valence-electron chi connectivity index (χ4n) is 1.82. The average Bonchev–Trinajstić information content (AvgIpc) is 2.66. The van der Waals surface area contributed by atoms with Gasteiger partial charge in [-0.05, 0) is 13.0 Å². The Hall–Kier alpha value is -1.12. The molecule has 0 amide bonds. The number of benzene rings is 1. The number of halogens is 3. The van der Waals surface area contributed by atoms with Crippen molar-refractivity contribution < 1.29 is 21.6 Å². The quantitative estimate of drug-likeness (QED) is 0.859. The van der Waals surface area contributed by atoms with E-state index >= 15 is 0 Å². The summed E-state index contributed by atoms with van der Waals surface area (Å²) in [5.41, 5.74) is 0. The van der Waals surface area contributed by atoms with E-state index in [1.165, 1.54) is 0 Å². The van der Waals surface area contributed by atoms with E-state index in [1.54, 1.807) is 0 Å². The van der Waals surface area contributed by atoms with E-state index in [4.69, 9.17) is 0 Å². The van der Waals surface area contributed by atoms with Crippen LogP contribution in [0.1, 0.15) is 6.42 Å². The van der Waals surface area contributed by atoms with Gasteiger partial charge in [0.25, 0.3) is 0 Å². The Kier molecular flexibility index (Phi) is 3.60. The summed E-state index contributed by atoms with van der Waals surface area (Å²) in [5.74, 6) is -4.04. The normalized spacial score (nSPS) is 20.3. The maximum atomic E-state index is 13.4. The summed E-state index contributed by atoms with van der Waals surface area (Å²) in [7, 11) is -4.33. The van der Waals surface area contributed by atoms with Crippen LogP contribution in [0, 0.1) is 17.5 Å². The maximum absolute atomic E-state index is 13.4. The second kappa shape index (κ2) is 4.87. The molecule has 1 atom stereocenters. The lowest BCUT2D eigenvalue weighted by molar-refractivity contribution is 0.490. The second-order valence-corrected chi connectivity index (χ2v) is 5.66. The van der Waals surface area contributed by atoms with Gasteiger partial charge < -0.3 is 5.32 Å². The molecule has 0 saturated carbocycles. The molecule has 1 aromatic rings. The van der Waals surface area contributed by atoms with Gasteiger partial charge in [-0.15, -0.1) is 0 Å². The van der Waals surface area contributed by atoms with Crippen molar-refractivity contribution in [3.8, 4) is 0 Å². The predicted octanol–water partition coefficient (Wildman–Crippen LogP) is 0.744. The molecule has 1 aromatic carbocycles. The molecule has 2 rings (SSSR count). The highest BCUT2D eigenvalue weighted by atomic mass is 32.2. The first-order valence-electron chi connectivity index (χ1n) is 5.28. The summed E-state index contributed by atoms with van der Waals surface area (Å²) in [6, 6.07) is 0.258. The van der Waals surface area contributed by atoms with Gasteiger partial charge in [-0.2, -0.15) is 0 Å². The molecule has 1 fully saturated rings. The van der Waals surface area contributed by atoms with Crippen molar-refractivity contribution in [1.82, 2.24) is 10.0 Å². The molecule has 0 bridgehead atoms. The Bertz CT molecular complexity index is 533. The molecule has 1 saturated heterocycles. The zero-order valence-corrected chi connectivity index (χ0v) is 10.0. The number of rotatable bonds is 3. The Balaban J connectivity index is 2.34. The van der Waals surface area contributed by atoms with Gasteiger partial charge in [-0.3, -0.25) is 0 Å². The van der Waals surface area contributed by atoms with E-state index in [0.29, 0.717) is 31.6 Å². The molecule has 1 heterocycles. The molecular weight excluding hydrogens is 269 g/mol. The van der Waals surface area contributed by atoms with Crippen LogP contribution < -0.4 is 10.0 Å². The largest absolute Gasteiger partial charge is 0.315 e. The van der Waals surface area contributed by atoms with Crippen molar-refractivity contribution >= 4 is 10.0 Å². The monoisotopic (exact) mass is 280 g/mol. The van der Waals surface area contributed by atoms with E-state index in [2.05, 4.69) is 10.0 Å². The summed E-state index contributed by atoms with van der Waals surface area (Å²) < 4.78 is 65.2. The Morgan fingerprint density at radius 2 is 1.83 bits per heavy atom. The van der Waals surface area contributed by atoms with Crippen LogP contribution in [0.4, 0.5) is 13.2 Å². The number of sulfonamides is 1. The summed E-state index contributed by atoms with van der Waals surface area (Å²) >= 11 is 0. The van der Waals surface area contributed by atoms with Crippen LogP contribution >= 0.6 is 0 Å². The van der Waals surface area contributed by atoms with Gasteiger partial charge in [0, 0.05) is 24.7 Å². The van der Waals surface area contributed by atoms with Crippen molar-refractivity contribution in [1.29, 1.82) is 0 Å². The molecule has 2 N–H and O–H groups in total. The fourth-order valence-corrected chi connectivity index (χ4v) is 3.21. The summed E-state index contributed by atoms with van der Waals surface area (Å²) in [4.78, 5) is -1.14.